The molecule has 1 atom stereocenters. The SMILES string of the molecule is Cc1ccc(F)cc1OCCNCC1CCCO1. The Kier molecular flexibility index (Phi) is 4.96. The Bertz CT molecular complexity index is 378. The van der Waals surface area contributed by atoms with E-state index in [1.165, 1.54) is 12.1 Å². The quantitative estimate of drug-likeness (QED) is 0.789. The van der Waals surface area contributed by atoms with Crippen LogP contribution in [0.5, 0.6) is 5.75 Å². The maximum atomic E-state index is 13.0. The van der Waals surface area contributed by atoms with E-state index in [1.54, 1.807) is 6.07 Å². The average molecular weight is 253 g/mol. The molecule has 2 rings (SSSR count). The maximum absolute atomic E-state index is 13.0. The number of halogens is 1. The van der Waals surface area contributed by atoms with Gasteiger partial charge in [-0.1, -0.05) is 6.07 Å². The number of nitrogens with one attached hydrogen (secondary N) is 1. The fraction of sp³-hybridized carbons (Fsp3) is 0.571. The zero-order valence-electron chi connectivity index (χ0n) is 10.7. The standard InChI is InChI=1S/C14H20FNO2/c1-11-4-5-12(15)9-14(11)18-8-6-16-10-13-3-2-7-17-13/h4-5,9,13,16H,2-3,6-8,10H2,1H3. The van der Waals surface area contributed by atoms with Gasteiger partial charge in [0.05, 0.1) is 6.10 Å². The minimum atomic E-state index is -0.261. The molecule has 3 nitrogen and oxygen atoms in total. The highest BCUT2D eigenvalue weighted by Crippen LogP contribution is 2.18. The van der Waals surface area contributed by atoms with Gasteiger partial charge in [-0.3, -0.25) is 0 Å². The molecule has 1 heterocycles. The lowest BCUT2D eigenvalue weighted by Crippen LogP contribution is -2.29. The first-order chi connectivity index (χ1) is 8.75. The van der Waals surface area contributed by atoms with Crippen molar-refractivity contribution in [3.63, 3.8) is 0 Å². The molecule has 1 aromatic carbocycles. The largest absolute Gasteiger partial charge is 0.492 e. The van der Waals surface area contributed by atoms with Crippen LogP contribution in [0.15, 0.2) is 18.2 Å². The zero-order valence-corrected chi connectivity index (χ0v) is 10.7. The molecule has 1 unspecified atom stereocenters. The van der Waals surface area contributed by atoms with Crippen molar-refractivity contribution >= 4 is 0 Å². The summed E-state index contributed by atoms with van der Waals surface area (Å²) in [6.45, 7) is 4.94. The maximum Gasteiger partial charge on any atom is 0.126 e. The molecule has 1 aliphatic heterocycles. The fourth-order valence-electron chi connectivity index (χ4n) is 2.03. The van der Waals surface area contributed by atoms with E-state index in [0.29, 0.717) is 18.5 Å². The van der Waals surface area contributed by atoms with Crippen LogP contribution >= 0.6 is 0 Å². The van der Waals surface area contributed by atoms with E-state index in [-0.39, 0.29) is 5.82 Å². The molecule has 0 aliphatic carbocycles. The van der Waals surface area contributed by atoms with Crippen molar-refractivity contribution in [3.05, 3.63) is 29.6 Å². The highest BCUT2D eigenvalue weighted by atomic mass is 19.1. The summed E-state index contributed by atoms with van der Waals surface area (Å²) in [6.07, 6.45) is 2.64. The van der Waals surface area contributed by atoms with Crippen molar-refractivity contribution in [2.45, 2.75) is 25.9 Å². The minimum absolute atomic E-state index is 0.261. The summed E-state index contributed by atoms with van der Waals surface area (Å²) < 4.78 is 24.1. The Morgan fingerprint density at radius 3 is 3.17 bits per heavy atom. The summed E-state index contributed by atoms with van der Waals surface area (Å²) in [6, 6.07) is 4.59. The molecule has 0 spiro atoms. The van der Waals surface area contributed by atoms with Crippen LogP contribution in [0, 0.1) is 12.7 Å². The molecule has 1 aromatic rings. The van der Waals surface area contributed by atoms with Crippen molar-refractivity contribution < 1.29 is 13.9 Å². The Morgan fingerprint density at radius 1 is 1.50 bits per heavy atom. The molecule has 1 aliphatic rings. The normalized spacial score (nSPS) is 19.1. The van der Waals surface area contributed by atoms with Gasteiger partial charge in [0, 0.05) is 25.8 Å². The highest BCUT2D eigenvalue weighted by molar-refractivity contribution is 5.32. The predicted molar refractivity (Wildman–Crippen MR) is 68.5 cm³/mol. The molecular weight excluding hydrogens is 233 g/mol. The Hall–Kier alpha value is -1.13. The Morgan fingerprint density at radius 2 is 2.39 bits per heavy atom. The van der Waals surface area contributed by atoms with Crippen molar-refractivity contribution in [2.24, 2.45) is 0 Å². The molecule has 0 aromatic heterocycles. The summed E-state index contributed by atoms with van der Waals surface area (Å²) in [5.41, 5.74) is 0.954. The first kappa shape index (κ1) is 13.3. The third kappa shape index (κ3) is 3.96. The number of ether oxygens (including phenoxy) is 2. The van der Waals surface area contributed by atoms with Gasteiger partial charge in [0.25, 0.3) is 0 Å². The lowest BCUT2D eigenvalue weighted by molar-refractivity contribution is 0.109. The van der Waals surface area contributed by atoms with Gasteiger partial charge < -0.3 is 14.8 Å². The van der Waals surface area contributed by atoms with Crippen molar-refractivity contribution in [1.29, 1.82) is 0 Å². The third-order valence-corrected chi connectivity index (χ3v) is 3.08. The van der Waals surface area contributed by atoms with Gasteiger partial charge in [-0.05, 0) is 31.4 Å². The molecule has 0 amide bonds. The van der Waals surface area contributed by atoms with E-state index >= 15 is 0 Å². The fourth-order valence-corrected chi connectivity index (χ4v) is 2.03. The lowest BCUT2D eigenvalue weighted by atomic mass is 10.2. The molecular formula is C14H20FNO2. The first-order valence-electron chi connectivity index (χ1n) is 6.47. The molecule has 1 N–H and O–H groups in total. The van der Waals surface area contributed by atoms with Gasteiger partial charge >= 0.3 is 0 Å². The molecule has 18 heavy (non-hydrogen) atoms. The van der Waals surface area contributed by atoms with Gasteiger partial charge in [-0.25, -0.2) is 4.39 Å². The summed E-state index contributed by atoms with van der Waals surface area (Å²) in [5, 5.41) is 3.29. The minimum Gasteiger partial charge on any atom is -0.492 e. The van der Waals surface area contributed by atoms with Gasteiger partial charge in [0.1, 0.15) is 18.2 Å². The monoisotopic (exact) mass is 253 g/mol. The molecule has 0 radical (unpaired) electrons. The molecule has 0 bridgehead atoms. The van der Waals surface area contributed by atoms with E-state index in [4.69, 9.17) is 9.47 Å². The second-order valence-corrected chi connectivity index (χ2v) is 4.60. The highest BCUT2D eigenvalue weighted by Gasteiger charge is 2.14. The number of rotatable bonds is 6. The summed E-state index contributed by atoms with van der Waals surface area (Å²) in [7, 11) is 0. The molecule has 4 heteroatoms. The number of hydrogen-bond acceptors (Lipinski definition) is 3. The smallest absolute Gasteiger partial charge is 0.126 e. The summed E-state index contributed by atoms with van der Waals surface area (Å²) in [4.78, 5) is 0. The number of aryl methyl sites for hydroxylation is 1. The average Bonchev–Trinajstić information content (AvgIpc) is 2.86. The van der Waals surface area contributed by atoms with Gasteiger partial charge in [0.2, 0.25) is 0 Å². The molecule has 1 saturated heterocycles. The van der Waals surface area contributed by atoms with E-state index in [9.17, 15) is 4.39 Å². The molecule has 1 fully saturated rings. The first-order valence-corrected chi connectivity index (χ1v) is 6.47. The van der Waals surface area contributed by atoms with Crippen LogP contribution < -0.4 is 10.1 Å². The predicted octanol–water partition coefficient (Wildman–Crippen LogP) is 2.28. The van der Waals surface area contributed by atoms with Gasteiger partial charge in [-0.15, -0.1) is 0 Å². The Labute approximate surface area is 107 Å². The third-order valence-electron chi connectivity index (χ3n) is 3.08. The van der Waals surface area contributed by atoms with Crippen LogP contribution in [0.2, 0.25) is 0 Å². The zero-order chi connectivity index (χ0) is 12.8. The van der Waals surface area contributed by atoms with Crippen LogP contribution in [-0.4, -0.2) is 32.4 Å². The van der Waals surface area contributed by atoms with Crippen LogP contribution in [0.3, 0.4) is 0 Å². The topological polar surface area (TPSA) is 30.5 Å². The van der Waals surface area contributed by atoms with Crippen LogP contribution in [0.1, 0.15) is 18.4 Å². The second kappa shape index (κ2) is 6.71. The van der Waals surface area contributed by atoms with Crippen LogP contribution in [-0.2, 0) is 4.74 Å². The molecule has 100 valence electrons. The van der Waals surface area contributed by atoms with E-state index in [1.807, 2.05) is 6.92 Å². The lowest BCUT2D eigenvalue weighted by Gasteiger charge is -2.12. The Balaban J connectivity index is 1.64. The second-order valence-electron chi connectivity index (χ2n) is 4.60. The van der Waals surface area contributed by atoms with E-state index < -0.39 is 0 Å². The van der Waals surface area contributed by atoms with Gasteiger partial charge in [-0.2, -0.15) is 0 Å². The van der Waals surface area contributed by atoms with Crippen LogP contribution in [0.4, 0.5) is 4.39 Å². The number of benzene rings is 1. The van der Waals surface area contributed by atoms with E-state index in [2.05, 4.69) is 5.32 Å². The molecule has 0 saturated carbocycles. The van der Waals surface area contributed by atoms with Crippen LogP contribution in [0.25, 0.3) is 0 Å². The summed E-state index contributed by atoms with van der Waals surface area (Å²) in [5.74, 6) is 0.358. The van der Waals surface area contributed by atoms with Gasteiger partial charge in [0.15, 0.2) is 0 Å². The van der Waals surface area contributed by atoms with Crippen molar-refractivity contribution in [1.82, 2.24) is 5.32 Å². The van der Waals surface area contributed by atoms with Crippen molar-refractivity contribution in [2.75, 3.05) is 26.3 Å². The number of hydrogen-bond donors (Lipinski definition) is 1. The summed E-state index contributed by atoms with van der Waals surface area (Å²) >= 11 is 0. The van der Waals surface area contributed by atoms with Crippen molar-refractivity contribution in [3.8, 4) is 5.75 Å². The van der Waals surface area contributed by atoms with E-state index in [0.717, 1.165) is 38.1 Å².